The summed E-state index contributed by atoms with van der Waals surface area (Å²) < 4.78 is 6.47. The highest BCUT2D eigenvalue weighted by atomic mass is 32.1. The van der Waals surface area contributed by atoms with Crippen LogP contribution in [0.15, 0.2) is 69.9 Å². The van der Waals surface area contributed by atoms with E-state index in [1.54, 1.807) is 29.6 Å². The van der Waals surface area contributed by atoms with Crippen molar-refractivity contribution >= 4 is 49.7 Å². The van der Waals surface area contributed by atoms with E-state index in [4.69, 9.17) is 4.42 Å². The van der Waals surface area contributed by atoms with Crippen LogP contribution in [-0.4, -0.2) is 21.8 Å². The van der Waals surface area contributed by atoms with Gasteiger partial charge in [0.25, 0.3) is 5.91 Å². The average molecular weight is 422 g/mol. The fourth-order valence-corrected chi connectivity index (χ4v) is 5.18. The molecule has 0 aliphatic carbocycles. The first-order valence-corrected chi connectivity index (χ1v) is 10.5. The smallest absolute Gasteiger partial charge is 0.296 e. The molecular formula is C21H14N2O4S2. The number of hydrogen-bond donors (Lipinski definition) is 1. The molecule has 3 aromatic heterocycles. The van der Waals surface area contributed by atoms with Crippen molar-refractivity contribution in [1.29, 1.82) is 0 Å². The SMILES string of the molecule is Cc1ccc2nc(N3C(=O)C(O)=C(C(=O)c4cccs4)C3c3ccco3)sc2c1. The van der Waals surface area contributed by atoms with Gasteiger partial charge in [-0.3, -0.25) is 14.5 Å². The number of fused-ring (bicyclic) bond motifs is 1. The summed E-state index contributed by atoms with van der Waals surface area (Å²) in [5.74, 6) is -1.24. The van der Waals surface area contributed by atoms with Crippen molar-refractivity contribution < 1.29 is 19.1 Å². The summed E-state index contributed by atoms with van der Waals surface area (Å²) in [5, 5.41) is 12.8. The monoisotopic (exact) mass is 422 g/mol. The molecule has 1 amide bonds. The second kappa shape index (κ2) is 6.68. The van der Waals surface area contributed by atoms with Crippen LogP contribution >= 0.6 is 22.7 Å². The van der Waals surface area contributed by atoms with E-state index < -0.39 is 23.5 Å². The minimum atomic E-state index is -0.881. The van der Waals surface area contributed by atoms with Crippen molar-refractivity contribution in [3.8, 4) is 0 Å². The summed E-state index contributed by atoms with van der Waals surface area (Å²) in [4.78, 5) is 32.5. The van der Waals surface area contributed by atoms with E-state index in [-0.39, 0.29) is 5.57 Å². The van der Waals surface area contributed by atoms with Gasteiger partial charge in [-0.25, -0.2) is 4.98 Å². The Hall–Kier alpha value is -3.23. The van der Waals surface area contributed by atoms with Gasteiger partial charge in [-0.2, -0.15) is 0 Å². The van der Waals surface area contributed by atoms with Crippen LogP contribution in [0.2, 0.25) is 0 Å². The summed E-state index contributed by atoms with van der Waals surface area (Å²) in [6, 6.07) is 11.7. The quantitative estimate of drug-likeness (QED) is 0.466. The highest BCUT2D eigenvalue weighted by molar-refractivity contribution is 7.22. The second-order valence-electron chi connectivity index (χ2n) is 6.63. The normalized spacial score (nSPS) is 16.9. The number of thiophene rings is 1. The average Bonchev–Trinajstić information content (AvgIpc) is 3.49. The van der Waals surface area contributed by atoms with Crippen LogP contribution in [0, 0.1) is 6.92 Å². The lowest BCUT2D eigenvalue weighted by atomic mass is 10.0. The molecule has 0 spiro atoms. The third kappa shape index (κ3) is 2.80. The number of furan rings is 1. The molecule has 29 heavy (non-hydrogen) atoms. The summed E-state index contributed by atoms with van der Waals surface area (Å²) in [6.45, 7) is 1.98. The number of anilines is 1. The number of thiazole rings is 1. The van der Waals surface area contributed by atoms with Gasteiger partial charge >= 0.3 is 0 Å². The van der Waals surface area contributed by atoms with Crippen molar-refractivity contribution in [3.63, 3.8) is 0 Å². The number of rotatable bonds is 4. The largest absolute Gasteiger partial charge is 0.503 e. The van der Waals surface area contributed by atoms with Gasteiger partial charge in [0.15, 0.2) is 10.9 Å². The Kier molecular flexibility index (Phi) is 4.11. The number of aliphatic hydroxyl groups excluding tert-OH is 1. The van der Waals surface area contributed by atoms with E-state index in [1.165, 1.54) is 33.8 Å². The molecule has 4 aromatic rings. The first-order valence-electron chi connectivity index (χ1n) is 8.80. The predicted molar refractivity (Wildman–Crippen MR) is 112 cm³/mol. The molecule has 6 nitrogen and oxygen atoms in total. The van der Waals surface area contributed by atoms with Crippen LogP contribution in [-0.2, 0) is 4.79 Å². The van der Waals surface area contributed by atoms with Crippen LogP contribution in [0.4, 0.5) is 5.13 Å². The van der Waals surface area contributed by atoms with Crippen molar-refractivity contribution in [2.75, 3.05) is 4.90 Å². The van der Waals surface area contributed by atoms with Crippen LogP contribution < -0.4 is 4.90 Å². The molecule has 0 saturated heterocycles. The first-order chi connectivity index (χ1) is 14.0. The molecule has 0 radical (unpaired) electrons. The van der Waals surface area contributed by atoms with Gasteiger partial charge in [0, 0.05) is 0 Å². The second-order valence-corrected chi connectivity index (χ2v) is 8.59. The zero-order valence-electron chi connectivity index (χ0n) is 15.2. The summed E-state index contributed by atoms with van der Waals surface area (Å²) in [6.07, 6.45) is 1.47. The van der Waals surface area contributed by atoms with Crippen molar-refractivity contribution in [3.05, 3.63) is 81.6 Å². The maximum Gasteiger partial charge on any atom is 0.296 e. The van der Waals surface area contributed by atoms with Crippen LogP contribution in [0.5, 0.6) is 0 Å². The lowest BCUT2D eigenvalue weighted by Gasteiger charge is -2.21. The third-order valence-electron chi connectivity index (χ3n) is 4.75. The number of amides is 1. The van der Waals surface area contributed by atoms with Gasteiger partial charge in [-0.05, 0) is 48.2 Å². The number of hydrogen-bond acceptors (Lipinski definition) is 7. The number of benzene rings is 1. The van der Waals surface area contributed by atoms with Crippen LogP contribution in [0.1, 0.15) is 27.0 Å². The van der Waals surface area contributed by atoms with E-state index in [1.807, 2.05) is 25.1 Å². The number of nitrogens with zero attached hydrogens (tertiary/aromatic N) is 2. The number of Topliss-reactive ketones (excluding diaryl/α,β-unsaturated/α-hetero) is 1. The summed E-state index contributed by atoms with van der Waals surface area (Å²) >= 11 is 2.59. The maximum atomic E-state index is 13.1. The minimum absolute atomic E-state index is 0.00263. The Morgan fingerprint density at radius 3 is 2.83 bits per heavy atom. The van der Waals surface area contributed by atoms with E-state index in [0.717, 1.165) is 15.8 Å². The van der Waals surface area contributed by atoms with Gasteiger partial charge in [0.1, 0.15) is 11.8 Å². The molecule has 8 heteroatoms. The Morgan fingerprint density at radius 1 is 1.24 bits per heavy atom. The highest BCUT2D eigenvalue weighted by Gasteiger charge is 2.47. The fraction of sp³-hybridized carbons (Fsp3) is 0.0952. The number of carbonyl (C=O) groups is 2. The fourth-order valence-electron chi connectivity index (χ4n) is 3.41. The minimum Gasteiger partial charge on any atom is -0.503 e. The molecular weight excluding hydrogens is 408 g/mol. The molecule has 1 aromatic carbocycles. The molecule has 4 heterocycles. The molecule has 5 rings (SSSR count). The van der Waals surface area contributed by atoms with Crippen LogP contribution in [0.3, 0.4) is 0 Å². The Balaban J connectivity index is 1.67. The molecule has 0 fully saturated rings. The zero-order valence-corrected chi connectivity index (χ0v) is 16.8. The van der Waals surface area contributed by atoms with Gasteiger partial charge in [-0.1, -0.05) is 23.5 Å². The molecule has 144 valence electrons. The van der Waals surface area contributed by atoms with Crippen molar-refractivity contribution in [2.45, 2.75) is 13.0 Å². The highest BCUT2D eigenvalue weighted by Crippen LogP contribution is 2.44. The first kappa shape index (κ1) is 17.8. The van der Waals surface area contributed by atoms with Crippen molar-refractivity contribution in [2.24, 2.45) is 0 Å². The number of ketones is 1. The topological polar surface area (TPSA) is 83.6 Å². The van der Waals surface area contributed by atoms with Gasteiger partial charge < -0.3 is 9.52 Å². The number of aromatic nitrogens is 1. The van der Waals surface area contributed by atoms with Gasteiger partial charge in [0.2, 0.25) is 5.78 Å². The van der Waals surface area contributed by atoms with Crippen molar-refractivity contribution in [1.82, 2.24) is 4.98 Å². The van der Waals surface area contributed by atoms with Gasteiger partial charge in [0.05, 0.1) is 26.9 Å². The van der Waals surface area contributed by atoms with Gasteiger partial charge in [-0.15, -0.1) is 11.3 Å². The molecule has 1 N–H and O–H groups in total. The molecule has 0 bridgehead atoms. The number of carbonyl (C=O) groups excluding carboxylic acids is 2. The predicted octanol–water partition coefficient (Wildman–Crippen LogP) is 5.04. The standard InChI is InChI=1S/C21H14N2O4S2/c1-11-6-7-12-15(10-11)29-21(22-12)23-17(13-4-2-8-27-13)16(19(25)20(23)26)18(24)14-5-3-9-28-14/h2-10,17,25H,1H3. The molecule has 1 aliphatic heterocycles. The molecule has 0 saturated carbocycles. The lowest BCUT2D eigenvalue weighted by Crippen LogP contribution is -2.30. The molecule has 1 atom stereocenters. The Labute approximate surface area is 173 Å². The lowest BCUT2D eigenvalue weighted by molar-refractivity contribution is -0.117. The Morgan fingerprint density at radius 2 is 2.10 bits per heavy atom. The zero-order chi connectivity index (χ0) is 20.1. The van der Waals surface area contributed by atoms with Crippen LogP contribution in [0.25, 0.3) is 10.2 Å². The summed E-state index contributed by atoms with van der Waals surface area (Å²) in [7, 11) is 0. The molecule has 1 aliphatic rings. The number of aryl methyl sites for hydroxylation is 1. The Bertz CT molecular complexity index is 1270. The third-order valence-corrected chi connectivity index (χ3v) is 6.64. The van der Waals surface area contributed by atoms with E-state index >= 15 is 0 Å². The maximum absolute atomic E-state index is 13.1. The number of aliphatic hydroxyl groups is 1. The van der Waals surface area contributed by atoms with E-state index in [9.17, 15) is 14.7 Å². The molecule has 1 unspecified atom stereocenters. The summed E-state index contributed by atoms with van der Waals surface area (Å²) in [5.41, 5.74) is 1.83. The van der Waals surface area contributed by atoms with E-state index in [2.05, 4.69) is 4.98 Å². The van der Waals surface area contributed by atoms with E-state index in [0.29, 0.717) is 15.8 Å².